The van der Waals surface area contributed by atoms with E-state index in [0.29, 0.717) is 6.54 Å². The van der Waals surface area contributed by atoms with Crippen LogP contribution in [0.15, 0.2) is 24.4 Å². The first-order valence-electron chi connectivity index (χ1n) is 9.38. The Morgan fingerprint density at radius 1 is 1.26 bits per heavy atom. The second kappa shape index (κ2) is 7.38. The van der Waals surface area contributed by atoms with Crippen LogP contribution in [0, 0.1) is 5.92 Å². The third-order valence-electron chi connectivity index (χ3n) is 5.26. The Morgan fingerprint density at radius 3 is 2.85 bits per heavy atom. The minimum absolute atomic E-state index is 0.00413. The number of amides is 2. The molecule has 8 heteroatoms. The molecule has 1 fully saturated rings. The van der Waals surface area contributed by atoms with E-state index in [2.05, 4.69) is 15.4 Å². The van der Waals surface area contributed by atoms with Crippen LogP contribution in [0.5, 0.6) is 5.75 Å². The highest BCUT2D eigenvalue weighted by Crippen LogP contribution is 2.29. The molecule has 0 bridgehead atoms. The van der Waals surface area contributed by atoms with Gasteiger partial charge in [0, 0.05) is 25.2 Å². The van der Waals surface area contributed by atoms with E-state index in [-0.39, 0.29) is 29.8 Å². The molecule has 0 atom stereocenters. The lowest BCUT2D eigenvalue weighted by atomic mass is 9.84. The lowest BCUT2D eigenvalue weighted by Gasteiger charge is -2.30. The van der Waals surface area contributed by atoms with E-state index < -0.39 is 5.91 Å². The molecule has 27 heavy (non-hydrogen) atoms. The number of rotatable bonds is 4. The number of carbonyl (C=O) groups is 2. The molecular formula is C19H23N5O3. The van der Waals surface area contributed by atoms with Crippen LogP contribution in [-0.2, 0) is 24.4 Å². The molecule has 2 aromatic heterocycles. The molecule has 0 radical (unpaired) electrons. The summed E-state index contributed by atoms with van der Waals surface area (Å²) >= 11 is 0. The monoisotopic (exact) mass is 369 g/mol. The van der Waals surface area contributed by atoms with Gasteiger partial charge in [-0.25, -0.2) is 4.98 Å². The summed E-state index contributed by atoms with van der Waals surface area (Å²) in [6.07, 6.45) is 5.50. The van der Waals surface area contributed by atoms with E-state index in [1.165, 1.54) is 12.3 Å². The second-order valence-corrected chi connectivity index (χ2v) is 7.15. The Hall–Kier alpha value is -2.90. The summed E-state index contributed by atoms with van der Waals surface area (Å²) in [5, 5.41) is 17.0. The van der Waals surface area contributed by atoms with Gasteiger partial charge in [-0.2, -0.15) is 5.10 Å². The zero-order chi connectivity index (χ0) is 18.8. The largest absolute Gasteiger partial charge is 0.505 e. The third kappa shape index (κ3) is 3.65. The van der Waals surface area contributed by atoms with Crippen molar-refractivity contribution in [2.75, 3.05) is 6.54 Å². The van der Waals surface area contributed by atoms with Crippen molar-refractivity contribution in [3.05, 3.63) is 41.5 Å². The van der Waals surface area contributed by atoms with Gasteiger partial charge in [0.2, 0.25) is 5.91 Å². The molecule has 1 aliphatic heterocycles. The Labute approximate surface area is 157 Å². The smallest absolute Gasteiger partial charge is 0.274 e. The first-order valence-corrected chi connectivity index (χ1v) is 9.38. The number of hydrogen-bond donors (Lipinski definition) is 2. The van der Waals surface area contributed by atoms with Crippen molar-refractivity contribution in [1.82, 2.24) is 25.0 Å². The highest BCUT2D eigenvalue weighted by molar-refractivity contribution is 5.94. The molecule has 1 aliphatic carbocycles. The molecule has 142 valence electrons. The summed E-state index contributed by atoms with van der Waals surface area (Å²) in [4.78, 5) is 30.6. The quantitative estimate of drug-likeness (QED) is 0.850. The first kappa shape index (κ1) is 17.5. The molecule has 0 unspecified atom stereocenters. The standard InChI is InChI=1S/C19H23N5O3/c25-16-6-2-7-20-17(16)18(26)21-11-14-10-15-12-23(8-3-9-24(15)22-14)19(27)13-4-1-5-13/h2,6-7,10,13,25H,1,3-5,8-9,11-12H2,(H,21,26). The molecule has 8 nitrogen and oxygen atoms in total. The average molecular weight is 369 g/mol. The highest BCUT2D eigenvalue weighted by Gasteiger charge is 2.30. The molecule has 2 amide bonds. The number of nitrogens with one attached hydrogen (secondary N) is 1. The fraction of sp³-hybridized carbons (Fsp3) is 0.474. The van der Waals surface area contributed by atoms with Crippen LogP contribution in [0.1, 0.15) is 47.6 Å². The number of pyridine rings is 1. The van der Waals surface area contributed by atoms with Gasteiger partial charge >= 0.3 is 0 Å². The van der Waals surface area contributed by atoms with Crippen molar-refractivity contribution in [3.8, 4) is 5.75 Å². The highest BCUT2D eigenvalue weighted by atomic mass is 16.3. The first-order chi connectivity index (χ1) is 13.1. The van der Waals surface area contributed by atoms with Crippen molar-refractivity contribution < 1.29 is 14.7 Å². The van der Waals surface area contributed by atoms with Gasteiger partial charge in [-0.05, 0) is 37.5 Å². The summed E-state index contributed by atoms with van der Waals surface area (Å²) < 4.78 is 1.92. The van der Waals surface area contributed by atoms with Crippen LogP contribution in [0.3, 0.4) is 0 Å². The number of aryl methyl sites for hydroxylation is 1. The van der Waals surface area contributed by atoms with Gasteiger partial charge in [0.1, 0.15) is 5.75 Å². The van der Waals surface area contributed by atoms with Gasteiger partial charge in [0.25, 0.3) is 5.91 Å². The van der Waals surface area contributed by atoms with E-state index >= 15 is 0 Å². The maximum atomic E-state index is 12.6. The number of nitrogens with zero attached hydrogens (tertiary/aromatic N) is 4. The summed E-state index contributed by atoms with van der Waals surface area (Å²) in [5.41, 5.74) is 1.72. The van der Waals surface area contributed by atoms with Gasteiger partial charge in [-0.3, -0.25) is 14.3 Å². The lowest BCUT2D eigenvalue weighted by molar-refractivity contribution is -0.138. The van der Waals surface area contributed by atoms with Crippen molar-refractivity contribution in [3.63, 3.8) is 0 Å². The van der Waals surface area contributed by atoms with Crippen molar-refractivity contribution in [2.45, 2.75) is 45.3 Å². The Morgan fingerprint density at radius 2 is 2.11 bits per heavy atom. The normalized spacial score (nSPS) is 17.0. The topological polar surface area (TPSA) is 100 Å². The SMILES string of the molecule is O=C(NCc1cc2n(n1)CCCN(C(=O)C1CCC1)C2)c1ncccc1O. The molecular weight excluding hydrogens is 346 g/mol. The molecule has 4 rings (SSSR count). The summed E-state index contributed by atoms with van der Waals surface area (Å²) in [6.45, 7) is 2.34. The van der Waals surface area contributed by atoms with Crippen LogP contribution in [0.25, 0.3) is 0 Å². The average Bonchev–Trinajstić information content (AvgIpc) is 2.88. The van der Waals surface area contributed by atoms with E-state index in [0.717, 1.165) is 50.2 Å². The predicted molar refractivity (Wildman–Crippen MR) is 96.7 cm³/mol. The van der Waals surface area contributed by atoms with E-state index in [4.69, 9.17) is 0 Å². The molecule has 1 saturated carbocycles. The van der Waals surface area contributed by atoms with Gasteiger partial charge in [-0.1, -0.05) is 6.42 Å². The molecule has 2 aliphatic rings. The van der Waals surface area contributed by atoms with Gasteiger partial charge in [0.05, 0.1) is 24.5 Å². The molecule has 2 aromatic rings. The van der Waals surface area contributed by atoms with Crippen LogP contribution in [0.4, 0.5) is 0 Å². The molecule has 2 N–H and O–H groups in total. The van der Waals surface area contributed by atoms with E-state index in [1.807, 2.05) is 15.6 Å². The summed E-state index contributed by atoms with van der Waals surface area (Å²) in [7, 11) is 0. The predicted octanol–water partition coefficient (Wildman–Crippen LogP) is 1.45. The van der Waals surface area contributed by atoms with E-state index in [9.17, 15) is 14.7 Å². The van der Waals surface area contributed by atoms with Crippen LogP contribution in [-0.4, -0.2) is 43.1 Å². The number of fused-ring (bicyclic) bond motifs is 1. The minimum Gasteiger partial charge on any atom is -0.505 e. The molecule has 0 spiro atoms. The van der Waals surface area contributed by atoms with Crippen LogP contribution < -0.4 is 5.32 Å². The second-order valence-electron chi connectivity index (χ2n) is 7.15. The van der Waals surface area contributed by atoms with Crippen LogP contribution >= 0.6 is 0 Å². The fourth-order valence-corrected chi connectivity index (χ4v) is 3.54. The van der Waals surface area contributed by atoms with Crippen molar-refractivity contribution in [2.24, 2.45) is 5.92 Å². The Bertz CT molecular complexity index is 859. The Kier molecular flexibility index (Phi) is 4.79. The molecule has 0 aromatic carbocycles. The van der Waals surface area contributed by atoms with Crippen molar-refractivity contribution >= 4 is 11.8 Å². The number of hydrogen-bond acceptors (Lipinski definition) is 5. The zero-order valence-electron chi connectivity index (χ0n) is 15.1. The molecule has 3 heterocycles. The van der Waals surface area contributed by atoms with Gasteiger partial charge in [0.15, 0.2) is 5.69 Å². The number of aromatic hydroxyl groups is 1. The Balaban J connectivity index is 1.41. The fourth-order valence-electron chi connectivity index (χ4n) is 3.54. The van der Waals surface area contributed by atoms with E-state index in [1.54, 1.807) is 6.07 Å². The van der Waals surface area contributed by atoms with Gasteiger partial charge < -0.3 is 15.3 Å². The third-order valence-corrected chi connectivity index (χ3v) is 5.26. The summed E-state index contributed by atoms with van der Waals surface area (Å²) in [5.74, 6) is -0.139. The minimum atomic E-state index is -0.446. The summed E-state index contributed by atoms with van der Waals surface area (Å²) in [6, 6.07) is 4.93. The number of aromatic nitrogens is 3. The van der Waals surface area contributed by atoms with Crippen LogP contribution in [0.2, 0.25) is 0 Å². The van der Waals surface area contributed by atoms with Gasteiger partial charge in [-0.15, -0.1) is 0 Å². The maximum absolute atomic E-state index is 12.6. The lowest BCUT2D eigenvalue weighted by Crippen LogP contribution is -2.38. The zero-order valence-corrected chi connectivity index (χ0v) is 15.1. The number of carbonyl (C=O) groups excluding carboxylic acids is 2. The maximum Gasteiger partial charge on any atom is 0.274 e. The molecule has 0 saturated heterocycles. The van der Waals surface area contributed by atoms with Crippen molar-refractivity contribution in [1.29, 1.82) is 0 Å².